The number of hydrogen-bond donors (Lipinski definition) is 1. The van der Waals surface area contributed by atoms with E-state index in [-0.39, 0.29) is 0 Å². The third kappa shape index (κ3) is 2.15. The molecule has 17 heavy (non-hydrogen) atoms. The van der Waals surface area contributed by atoms with Gasteiger partial charge in [0.05, 0.1) is 12.3 Å². The van der Waals surface area contributed by atoms with Crippen LogP contribution in [0.2, 0.25) is 0 Å². The van der Waals surface area contributed by atoms with Gasteiger partial charge in [-0.1, -0.05) is 0 Å². The number of rotatable bonds is 3. The van der Waals surface area contributed by atoms with Crippen LogP contribution in [0.15, 0.2) is 28.3 Å². The van der Waals surface area contributed by atoms with E-state index in [2.05, 4.69) is 23.3 Å². The molecule has 90 valence electrons. The van der Waals surface area contributed by atoms with Crippen LogP contribution < -0.4 is 5.32 Å². The summed E-state index contributed by atoms with van der Waals surface area (Å²) in [5.41, 5.74) is 1.33. The molecule has 0 aromatic carbocycles. The number of thiazole rings is 1. The molecule has 2 aromatic rings. The van der Waals surface area contributed by atoms with Gasteiger partial charge < -0.3 is 9.73 Å². The lowest BCUT2D eigenvalue weighted by Gasteiger charge is -2.25. The maximum Gasteiger partial charge on any atom is 0.109 e. The molecule has 0 radical (unpaired) electrons. The van der Waals surface area contributed by atoms with Gasteiger partial charge in [0.25, 0.3) is 0 Å². The number of furan rings is 1. The van der Waals surface area contributed by atoms with Gasteiger partial charge in [-0.2, -0.15) is 0 Å². The van der Waals surface area contributed by atoms with Gasteiger partial charge in [0.1, 0.15) is 10.8 Å². The van der Waals surface area contributed by atoms with E-state index in [1.165, 1.54) is 18.4 Å². The largest absolute Gasteiger partial charge is 0.469 e. The number of nitrogens with zero attached hydrogens (tertiary/aromatic N) is 1. The first kappa shape index (κ1) is 11.0. The summed E-state index contributed by atoms with van der Waals surface area (Å²) in [6.07, 6.45) is 7.12. The Hall–Kier alpha value is -1.13. The summed E-state index contributed by atoms with van der Waals surface area (Å²) in [7, 11) is 0. The maximum absolute atomic E-state index is 5.51. The first-order valence-electron chi connectivity index (χ1n) is 6.06. The predicted octanol–water partition coefficient (Wildman–Crippen LogP) is 3.46. The summed E-state index contributed by atoms with van der Waals surface area (Å²) in [4.78, 5) is 4.36. The third-order valence-electron chi connectivity index (χ3n) is 3.32. The van der Waals surface area contributed by atoms with Crippen molar-refractivity contribution in [3.63, 3.8) is 0 Å². The van der Waals surface area contributed by atoms with Crippen molar-refractivity contribution in [2.45, 2.75) is 38.3 Å². The molecule has 0 aliphatic heterocycles. The Balaban J connectivity index is 1.75. The normalized spacial score (nSPS) is 21.1. The van der Waals surface area contributed by atoms with Gasteiger partial charge in [0.15, 0.2) is 0 Å². The van der Waals surface area contributed by atoms with Gasteiger partial charge >= 0.3 is 0 Å². The number of hydrogen-bond acceptors (Lipinski definition) is 4. The van der Waals surface area contributed by atoms with E-state index in [0.717, 1.165) is 17.2 Å². The molecule has 2 unspecified atom stereocenters. The fraction of sp³-hybridized carbons (Fsp3) is 0.462. The summed E-state index contributed by atoms with van der Waals surface area (Å²) >= 11 is 1.71. The van der Waals surface area contributed by atoms with Crippen LogP contribution in [-0.4, -0.2) is 4.98 Å². The van der Waals surface area contributed by atoms with E-state index in [1.54, 1.807) is 17.6 Å². The molecule has 0 saturated carbocycles. The van der Waals surface area contributed by atoms with Crippen molar-refractivity contribution in [2.24, 2.45) is 0 Å². The molecule has 0 bridgehead atoms. The Morgan fingerprint density at radius 3 is 3.35 bits per heavy atom. The number of aryl methyl sites for hydroxylation is 1. The fourth-order valence-corrected chi connectivity index (χ4v) is 3.14. The summed E-state index contributed by atoms with van der Waals surface area (Å²) < 4.78 is 5.51. The molecule has 3 rings (SSSR count). The Labute approximate surface area is 105 Å². The summed E-state index contributed by atoms with van der Waals surface area (Å²) in [6, 6.07) is 2.82. The maximum atomic E-state index is 5.51. The van der Waals surface area contributed by atoms with Crippen molar-refractivity contribution in [1.82, 2.24) is 10.3 Å². The van der Waals surface area contributed by atoms with Crippen LogP contribution in [0.4, 0.5) is 0 Å². The molecule has 0 saturated heterocycles. The lowest BCUT2D eigenvalue weighted by Crippen LogP contribution is -2.27. The molecule has 2 heterocycles. The van der Waals surface area contributed by atoms with E-state index in [9.17, 15) is 0 Å². The average Bonchev–Trinajstić information content (AvgIpc) is 3.00. The van der Waals surface area contributed by atoms with Gasteiger partial charge in [0, 0.05) is 29.6 Å². The first-order chi connectivity index (χ1) is 8.34. The lowest BCUT2D eigenvalue weighted by atomic mass is 9.93. The summed E-state index contributed by atoms with van der Waals surface area (Å²) in [5, 5.41) is 6.83. The van der Waals surface area contributed by atoms with Gasteiger partial charge in [-0.15, -0.1) is 11.3 Å². The van der Waals surface area contributed by atoms with Crippen LogP contribution in [0.3, 0.4) is 0 Å². The smallest absolute Gasteiger partial charge is 0.109 e. The second-order valence-corrected chi connectivity index (χ2v) is 5.43. The van der Waals surface area contributed by atoms with E-state index < -0.39 is 0 Å². The van der Waals surface area contributed by atoms with Crippen LogP contribution >= 0.6 is 11.3 Å². The topological polar surface area (TPSA) is 38.1 Å². The highest BCUT2D eigenvalue weighted by molar-refractivity contribution is 7.09. The van der Waals surface area contributed by atoms with E-state index >= 15 is 0 Å². The minimum atomic E-state index is 0.306. The van der Waals surface area contributed by atoms with E-state index in [4.69, 9.17) is 4.42 Å². The van der Waals surface area contributed by atoms with Crippen molar-refractivity contribution in [3.8, 4) is 0 Å². The van der Waals surface area contributed by atoms with Gasteiger partial charge in [-0.05, 0) is 25.8 Å². The molecule has 1 aliphatic carbocycles. The highest BCUT2D eigenvalue weighted by Gasteiger charge is 2.24. The SMILES string of the molecule is CC(NC1CCCc2occc21)c1nccs1. The molecule has 4 heteroatoms. The Kier molecular flexibility index (Phi) is 2.99. The quantitative estimate of drug-likeness (QED) is 0.904. The zero-order valence-corrected chi connectivity index (χ0v) is 10.7. The molecule has 2 aromatic heterocycles. The zero-order chi connectivity index (χ0) is 11.7. The molecule has 1 aliphatic rings. The second kappa shape index (κ2) is 4.63. The van der Waals surface area contributed by atoms with Crippen molar-refractivity contribution in [2.75, 3.05) is 0 Å². The van der Waals surface area contributed by atoms with Crippen molar-refractivity contribution >= 4 is 11.3 Å². The number of aromatic nitrogens is 1. The highest BCUT2D eigenvalue weighted by atomic mass is 32.1. The first-order valence-corrected chi connectivity index (χ1v) is 6.94. The van der Waals surface area contributed by atoms with Crippen LogP contribution in [0.25, 0.3) is 0 Å². The van der Waals surface area contributed by atoms with Gasteiger partial charge in [0.2, 0.25) is 0 Å². The van der Waals surface area contributed by atoms with Crippen molar-refractivity contribution < 1.29 is 4.42 Å². The van der Waals surface area contributed by atoms with E-state index in [0.29, 0.717) is 12.1 Å². The zero-order valence-electron chi connectivity index (χ0n) is 9.85. The fourth-order valence-electron chi connectivity index (χ4n) is 2.48. The number of fused-ring (bicyclic) bond motifs is 1. The summed E-state index contributed by atoms with van der Waals surface area (Å²) in [5.74, 6) is 1.15. The Morgan fingerprint density at radius 2 is 2.53 bits per heavy atom. The minimum Gasteiger partial charge on any atom is -0.469 e. The molecule has 0 fully saturated rings. The molecule has 0 spiro atoms. The second-order valence-electron chi connectivity index (χ2n) is 4.50. The van der Waals surface area contributed by atoms with Crippen molar-refractivity contribution in [1.29, 1.82) is 0 Å². The average molecular weight is 248 g/mol. The van der Waals surface area contributed by atoms with Crippen LogP contribution in [0.5, 0.6) is 0 Å². The van der Waals surface area contributed by atoms with E-state index in [1.807, 2.05) is 11.6 Å². The van der Waals surface area contributed by atoms with Gasteiger partial charge in [-0.3, -0.25) is 0 Å². The molecule has 3 nitrogen and oxygen atoms in total. The standard InChI is InChI=1S/C13H16N2OS/c1-9(13-14-6-8-17-13)15-11-3-2-4-12-10(11)5-7-16-12/h5-9,11,15H,2-4H2,1H3. The van der Waals surface area contributed by atoms with Crippen LogP contribution in [-0.2, 0) is 6.42 Å². The van der Waals surface area contributed by atoms with Crippen LogP contribution in [0, 0.1) is 0 Å². The lowest BCUT2D eigenvalue weighted by molar-refractivity contribution is 0.385. The summed E-state index contributed by atoms with van der Waals surface area (Å²) in [6.45, 7) is 2.17. The predicted molar refractivity (Wildman–Crippen MR) is 68.1 cm³/mol. The monoisotopic (exact) mass is 248 g/mol. The minimum absolute atomic E-state index is 0.306. The Morgan fingerprint density at radius 1 is 1.59 bits per heavy atom. The Bertz CT molecular complexity index is 477. The molecular formula is C13H16N2OS. The third-order valence-corrected chi connectivity index (χ3v) is 4.28. The van der Waals surface area contributed by atoms with Crippen LogP contribution in [0.1, 0.15) is 48.2 Å². The highest BCUT2D eigenvalue weighted by Crippen LogP contribution is 2.32. The number of nitrogens with one attached hydrogen (secondary N) is 1. The molecule has 1 N–H and O–H groups in total. The van der Waals surface area contributed by atoms with Crippen molar-refractivity contribution in [3.05, 3.63) is 40.2 Å². The molecule has 2 atom stereocenters. The molecule has 0 amide bonds. The van der Waals surface area contributed by atoms with Gasteiger partial charge in [-0.25, -0.2) is 4.98 Å². The molecular weight excluding hydrogens is 232 g/mol.